The Morgan fingerprint density at radius 2 is 2.29 bits per heavy atom. The topological polar surface area (TPSA) is 84.5 Å². The normalized spacial score (nSPS) is 33.4. The first-order valence-corrected chi connectivity index (χ1v) is 5.80. The molecule has 6 heteroatoms. The summed E-state index contributed by atoms with van der Waals surface area (Å²) in [6, 6.07) is -0.624. The molecule has 2 aliphatic rings. The van der Waals surface area contributed by atoms with Gasteiger partial charge in [-0.3, -0.25) is 19.7 Å². The van der Waals surface area contributed by atoms with E-state index in [2.05, 4.69) is 10.6 Å². The highest BCUT2D eigenvalue weighted by molar-refractivity contribution is 6.02. The Bertz CT molecular complexity index is 360. The second kappa shape index (κ2) is 4.44. The number of hydrogen-bond acceptors (Lipinski definition) is 4. The third kappa shape index (κ3) is 2.46. The van der Waals surface area contributed by atoms with Crippen LogP contribution in [0.15, 0.2) is 0 Å². The van der Waals surface area contributed by atoms with Crippen LogP contribution in [0, 0.1) is 0 Å². The van der Waals surface area contributed by atoms with E-state index in [1.807, 2.05) is 0 Å². The second-order valence-corrected chi connectivity index (χ2v) is 4.66. The molecule has 0 bridgehead atoms. The molecule has 2 aliphatic heterocycles. The van der Waals surface area contributed by atoms with Gasteiger partial charge in [-0.15, -0.1) is 0 Å². The van der Waals surface area contributed by atoms with E-state index in [1.54, 1.807) is 6.92 Å². The summed E-state index contributed by atoms with van der Waals surface area (Å²) in [6.45, 7) is 2.29. The molecule has 0 spiro atoms. The van der Waals surface area contributed by atoms with Crippen molar-refractivity contribution in [3.63, 3.8) is 0 Å². The Balaban J connectivity index is 1.94. The van der Waals surface area contributed by atoms with Crippen LogP contribution >= 0.6 is 0 Å². The van der Waals surface area contributed by atoms with Gasteiger partial charge in [0, 0.05) is 13.0 Å². The van der Waals surface area contributed by atoms with Crippen LogP contribution in [0.2, 0.25) is 0 Å². The third-order valence-corrected chi connectivity index (χ3v) is 3.24. The van der Waals surface area contributed by atoms with Gasteiger partial charge in [-0.1, -0.05) is 0 Å². The van der Waals surface area contributed by atoms with Gasteiger partial charge in [-0.05, 0) is 26.2 Å². The molecule has 6 nitrogen and oxygen atoms in total. The first-order valence-electron chi connectivity index (χ1n) is 5.80. The zero-order valence-corrected chi connectivity index (χ0v) is 9.75. The SMILES string of the molecule is CC1(C(=O)NC2CCC(=O)NC2=O)CCCO1. The maximum absolute atomic E-state index is 12.0. The van der Waals surface area contributed by atoms with Gasteiger partial charge >= 0.3 is 0 Å². The fourth-order valence-corrected chi connectivity index (χ4v) is 2.10. The lowest BCUT2D eigenvalue weighted by Crippen LogP contribution is -2.56. The fourth-order valence-electron chi connectivity index (χ4n) is 2.10. The number of rotatable bonds is 2. The number of carbonyl (C=O) groups is 3. The van der Waals surface area contributed by atoms with E-state index in [0.29, 0.717) is 19.4 Å². The van der Waals surface area contributed by atoms with E-state index in [4.69, 9.17) is 4.74 Å². The number of hydrogen-bond donors (Lipinski definition) is 2. The Morgan fingerprint density at radius 3 is 2.88 bits per heavy atom. The van der Waals surface area contributed by atoms with Gasteiger partial charge in [0.2, 0.25) is 11.8 Å². The molecule has 2 atom stereocenters. The summed E-state index contributed by atoms with van der Waals surface area (Å²) < 4.78 is 5.39. The van der Waals surface area contributed by atoms with Gasteiger partial charge in [0.15, 0.2) is 0 Å². The lowest BCUT2D eigenvalue weighted by Gasteiger charge is -2.27. The quantitative estimate of drug-likeness (QED) is 0.636. The third-order valence-electron chi connectivity index (χ3n) is 3.24. The second-order valence-electron chi connectivity index (χ2n) is 4.66. The van der Waals surface area contributed by atoms with E-state index in [9.17, 15) is 14.4 Å². The van der Waals surface area contributed by atoms with Crippen LogP contribution in [0.4, 0.5) is 0 Å². The standard InChI is InChI=1S/C11H16N2O4/c1-11(5-2-6-17-11)10(16)12-7-3-4-8(14)13-9(7)15/h7H,2-6H2,1H3,(H,12,16)(H,13,14,15). The monoisotopic (exact) mass is 240 g/mol. The lowest BCUT2D eigenvalue weighted by atomic mass is 9.99. The summed E-state index contributed by atoms with van der Waals surface area (Å²) in [5.41, 5.74) is -0.832. The van der Waals surface area contributed by atoms with E-state index in [1.165, 1.54) is 0 Å². The summed E-state index contributed by atoms with van der Waals surface area (Å²) in [4.78, 5) is 34.4. The van der Waals surface area contributed by atoms with Gasteiger partial charge in [0.25, 0.3) is 5.91 Å². The molecule has 2 rings (SSSR count). The van der Waals surface area contributed by atoms with Gasteiger partial charge in [-0.2, -0.15) is 0 Å². The molecule has 2 saturated heterocycles. The molecule has 0 aliphatic carbocycles. The summed E-state index contributed by atoms with van der Waals surface area (Å²) in [5.74, 6) is -0.996. The summed E-state index contributed by atoms with van der Waals surface area (Å²) in [6.07, 6.45) is 2.12. The van der Waals surface area contributed by atoms with Crippen molar-refractivity contribution >= 4 is 17.7 Å². The van der Waals surface area contributed by atoms with Crippen molar-refractivity contribution in [1.82, 2.24) is 10.6 Å². The number of piperidine rings is 1. The minimum Gasteiger partial charge on any atom is -0.365 e. The largest absolute Gasteiger partial charge is 0.365 e. The molecule has 0 saturated carbocycles. The number of imide groups is 1. The maximum Gasteiger partial charge on any atom is 0.252 e. The van der Waals surface area contributed by atoms with Crippen LogP contribution in [-0.4, -0.2) is 36.0 Å². The van der Waals surface area contributed by atoms with Crippen LogP contribution in [-0.2, 0) is 19.1 Å². The molecule has 2 heterocycles. The fraction of sp³-hybridized carbons (Fsp3) is 0.727. The highest BCUT2D eigenvalue weighted by Crippen LogP contribution is 2.25. The predicted molar refractivity (Wildman–Crippen MR) is 57.9 cm³/mol. The summed E-state index contributed by atoms with van der Waals surface area (Å²) in [5, 5.41) is 4.85. The number of nitrogens with one attached hydrogen (secondary N) is 2. The first kappa shape index (κ1) is 12.0. The van der Waals surface area contributed by atoms with Gasteiger partial charge in [0.05, 0.1) is 0 Å². The van der Waals surface area contributed by atoms with E-state index >= 15 is 0 Å². The zero-order chi connectivity index (χ0) is 12.5. The Morgan fingerprint density at radius 1 is 1.53 bits per heavy atom. The highest BCUT2D eigenvalue weighted by atomic mass is 16.5. The first-order chi connectivity index (χ1) is 8.01. The Labute approximate surface area is 99.1 Å². The lowest BCUT2D eigenvalue weighted by molar-refractivity contribution is -0.144. The molecule has 2 unspecified atom stereocenters. The minimum atomic E-state index is -0.832. The molecule has 0 aromatic heterocycles. The number of amides is 3. The molecular weight excluding hydrogens is 224 g/mol. The summed E-state index contributed by atoms with van der Waals surface area (Å²) in [7, 11) is 0. The van der Waals surface area contributed by atoms with Crippen LogP contribution in [0.3, 0.4) is 0 Å². The van der Waals surface area contributed by atoms with Crippen molar-refractivity contribution in [2.45, 2.75) is 44.2 Å². The minimum absolute atomic E-state index is 0.258. The average molecular weight is 240 g/mol. The Kier molecular flexibility index (Phi) is 3.15. The van der Waals surface area contributed by atoms with Crippen LogP contribution in [0.25, 0.3) is 0 Å². The molecule has 2 N–H and O–H groups in total. The average Bonchev–Trinajstić information content (AvgIpc) is 2.71. The van der Waals surface area contributed by atoms with Crippen LogP contribution in [0.1, 0.15) is 32.6 Å². The zero-order valence-electron chi connectivity index (χ0n) is 9.75. The van der Waals surface area contributed by atoms with Gasteiger partial charge < -0.3 is 10.1 Å². The van der Waals surface area contributed by atoms with E-state index in [0.717, 1.165) is 6.42 Å². The molecule has 2 fully saturated rings. The van der Waals surface area contributed by atoms with Crippen molar-refractivity contribution < 1.29 is 19.1 Å². The predicted octanol–water partition coefficient (Wildman–Crippen LogP) is -0.523. The van der Waals surface area contributed by atoms with Crippen molar-refractivity contribution in [2.75, 3.05) is 6.61 Å². The molecule has 94 valence electrons. The van der Waals surface area contributed by atoms with Crippen molar-refractivity contribution in [1.29, 1.82) is 0 Å². The molecule has 17 heavy (non-hydrogen) atoms. The number of ether oxygens (including phenoxy) is 1. The van der Waals surface area contributed by atoms with Crippen molar-refractivity contribution in [3.05, 3.63) is 0 Å². The van der Waals surface area contributed by atoms with Gasteiger partial charge in [0.1, 0.15) is 11.6 Å². The maximum atomic E-state index is 12.0. The Hall–Kier alpha value is -1.43. The highest BCUT2D eigenvalue weighted by Gasteiger charge is 2.40. The van der Waals surface area contributed by atoms with Gasteiger partial charge in [-0.25, -0.2) is 0 Å². The van der Waals surface area contributed by atoms with Crippen molar-refractivity contribution in [3.8, 4) is 0 Å². The molecule has 0 aromatic rings. The smallest absolute Gasteiger partial charge is 0.252 e. The molecule has 3 amide bonds. The molecular formula is C11H16N2O4. The van der Waals surface area contributed by atoms with E-state index in [-0.39, 0.29) is 18.2 Å². The van der Waals surface area contributed by atoms with E-state index < -0.39 is 17.6 Å². The van der Waals surface area contributed by atoms with Crippen molar-refractivity contribution in [2.24, 2.45) is 0 Å². The molecule has 0 radical (unpaired) electrons. The number of carbonyl (C=O) groups excluding carboxylic acids is 3. The molecule has 0 aromatic carbocycles. The van der Waals surface area contributed by atoms with Crippen LogP contribution in [0.5, 0.6) is 0 Å². The summed E-state index contributed by atoms with van der Waals surface area (Å²) >= 11 is 0. The van der Waals surface area contributed by atoms with Crippen LogP contribution < -0.4 is 10.6 Å².